The number of fused-ring (bicyclic) bond motifs is 1. The molecule has 1 amide bonds. The van der Waals surface area contributed by atoms with Crippen LogP contribution in [0.4, 0.5) is 0 Å². The molecule has 2 aromatic heterocycles. The molecule has 0 aliphatic heterocycles. The first-order valence-electron chi connectivity index (χ1n) is 7.91. The molecule has 0 N–H and O–H groups in total. The smallest absolute Gasteiger partial charge is 0.315 e. The van der Waals surface area contributed by atoms with Gasteiger partial charge in [0.05, 0.1) is 23.1 Å². The molecule has 0 unspecified atom stereocenters. The Bertz CT molecular complexity index is 920. The van der Waals surface area contributed by atoms with E-state index in [9.17, 15) is 4.79 Å². The molecule has 0 atom stereocenters. The standard InChI is InChI=1S/C18H20N2O3S/c1-4-22-9-7-20-16-13(3)10-12(2)11-15(16)24-18(20)19-17(21)14-6-5-8-23-14/h5-6,8,10-11H,4,7,9H2,1-3H3. The van der Waals surface area contributed by atoms with Crippen molar-refractivity contribution in [3.63, 3.8) is 0 Å². The normalized spacial score (nSPS) is 12.2. The van der Waals surface area contributed by atoms with Crippen LogP contribution in [0.3, 0.4) is 0 Å². The zero-order valence-electron chi connectivity index (χ0n) is 14.0. The van der Waals surface area contributed by atoms with Crippen molar-refractivity contribution in [2.24, 2.45) is 4.99 Å². The zero-order chi connectivity index (χ0) is 17.1. The third-order valence-corrected chi connectivity index (χ3v) is 4.73. The molecule has 126 valence electrons. The maximum atomic E-state index is 12.3. The highest BCUT2D eigenvalue weighted by molar-refractivity contribution is 7.16. The Kier molecular flexibility index (Phi) is 4.97. The molecule has 0 saturated carbocycles. The van der Waals surface area contributed by atoms with Crippen molar-refractivity contribution in [1.29, 1.82) is 0 Å². The van der Waals surface area contributed by atoms with Crippen molar-refractivity contribution in [1.82, 2.24) is 4.57 Å². The SMILES string of the molecule is CCOCCn1c(=NC(=O)c2ccco2)sc2cc(C)cc(C)c21. The lowest BCUT2D eigenvalue weighted by Gasteiger charge is -2.08. The molecule has 0 aliphatic rings. The molecule has 2 heterocycles. The molecule has 0 radical (unpaired) electrons. The Morgan fingerprint density at radius 3 is 2.92 bits per heavy atom. The van der Waals surface area contributed by atoms with Crippen LogP contribution in [0.2, 0.25) is 0 Å². The lowest BCUT2D eigenvalue weighted by atomic mass is 10.1. The number of ether oxygens (including phenoxy) is 1. The summed E-state index contributed by atoms with van der Waals surface area (Å²) in [4.78, 5) is 17.2. The van der Waals surface area contributed by atoms with Crippen molar-refractivity contribution in [3.05, 3.63) is 52.2 Å². The average molecular weight is 344 g/mol. The van der Waals surface area contributed by atoms with Gasteiger partial charge in [0.1, 0.15) is 0 Å². The predicted molar refractivity (Wildman–Crippen MR) is 94.4 cm³/mol. The summed E-state index contributed by atoms with van der Waals surface area (Å²) in [5, 5.41) is 0. The fourth-order valence-corrected chi connectivity index (χ4v) is 3.96. The van der Waals surface area contributed by atoms with Crippen molar-refractivity contribution in [2.45, 2.75) is 27.3 Å². The number of carbonyl (C=O) groups excluding carboxylic acids is 1. The summed E-state index contributed by atoms with van der Waals surface area (Å²) in [6.07, 6.45) is 1.48. The minimum absolute atomic E-state index is 0.247. The summed E-state index contributed by atoms with van der Waals surface area (Å²) in [6.45, 7) is 8.02. The lowest BCUT2D eigenvalue weighted by Crippen LogP contribution is -2.20. The van der Waals surface area contributed by atoms with Crippen LogP contribution in [0, 0.1) is 13.8 Å². The van der Waals surface area contributed by atoms with Crippen molar-refractivity contribution < 1.29 is 13.9 Å². The Morgan fingerprint density at radius 1 is 1.38 bits per heavy atom. The number of aryl methyl sites for hydroxylation is 2. The van der Waals surface area contributed by atoms with Gasteiger partial charge in [-0.1, -0.05) is 17.4 Å². The van der Waals surface area contributed by atoms with Gasteiger partial charge in [-0.15, -0.1) is 0 Å². The second kappa shape index (κ2) is 7.15. The first kappa shape index (κ1) is 16.7. The number of thiazole rings is 1. The summed E-state index contributed by atoms with van der Waals surface area (Å²) < 4.78 is 13.8. The van der Waals surface area contributed by atoms with E-state index in [0.29, 0.717) is 24.6 Å². The fraction of sp³-hybridized carbons (Fsp3) is 0.333. The van der Waals surface area contributed by atoms with E-state index in [2.05, 4.69) is 35.5 Å². The molecular weight excluding hydrogens is 324 g/mol. The third kappa shape index (κ3) is 3.34. The predicted octanol–water partition coefficient (Wildman–Crippen LogP) is 3.69. The second-order valence-corrected chi connectivity index (χ2v) is 6.57. The van der Waals surface area contributed by atoms with Crippen molar-refractivity contribution in [2.75, 3.05) is 13.2 Å². The van der Waals surface area contributed by atoms with E-state index in [1.54, 1.807) is 12.1 Å². The highest BCUT2D eigenvalue weighted by Crippen LogP contribution is 2.23. The Balaban J connectivity index is 2.13. The average Bonchev–Trinajstić information content (AvgIpc) is 3.16. The van der Waals surface area contributed by atoms with E-state index in [1.807, 2.05) is 6.92 Å². The van der Waals surface area contributed by atoms with Gasteiger partial charge in [-0.05, 0) is 50.1 Å². The Hall–Kier alpha value is -2.18. The molecule has 3 aromatic rings. The molecular formula is C18H20N2O3S. The van der Waals surface area contributed by atoms with Gasteiger partial charge in [0, 0.05) is 13.2 Å². The van der Waals surface area contributed by atoms with E-state index >= 15 is 0 Å². The van der Waals surface area contributed by atoms with Gasteiger partial charge in [0.15, 0.2) is 10.6 Å². The first-order chi connectivity index (χ1) is 11.6. The van der Waals surface area contributed by atoms with Gasteiger partial charge in [-0.3, -0.25) is 4.79 Å². The minimum Gasteiger partial charge on any atom is -0.459 e. The van der Waals surface area contributed by atoms with Gasteiger partial charge >= 0.3 is 5.91 Å². The van der Waals surface area contributed by atoms with E-state index in [1.165, 1.54) is 28.7 Å². The van der Waals surface area contributed by atoms with E-state index < -0.39 is 0 Å². The quantitative estimate of drug-likeness (QED) is 0.663. The summed E-state index contributed by atoms with van der Waals surface area (Å²) in [7, 11) is 0. The molecule has 6 heteroatoms. The molecule has 24 heavy (non-hydrogen) atoms. The highest BCUT2D eigenvalue weighted by atomic mass is 32.1. The zero-order valence-corrected chi connectivity index (χ0v) is 14.9. The monoisotopic (exact) mass is 344 g/mol. The Morgan fingerprint density at radius 2 is 2.21 bits per heavy atom. The van der Waals surface area contributed by atoms with Crippen LogP contribution in [-0.4, -0.2) is 23.7 Å². The summed E-state index contributed by atoms with van der Waals surface area (Å²) >= 11 is 1.51. The molecule has 1 aromatic carbocycles. The molecule has 5 nitrogen and oxygen atoms in total. The van der Waals surface area contributed by atoms with E-state index in [0.717, 1.165) is 10.2 Å². The number of carbonyl (C=O) groups is 1. The molecule has 0 aliphatic carbocycles. The van der Waals surface area contributed by atoms with E-state index in [4.69, 9.17) is 9.15 Å². The highest BCUT2D eigenvalue weighted by Gasteiger charge is 2.12. The molecule has 0 saturated heterocycles. The largest absolute Gasteiger partial charge is 0.459 e. The fourth-order valence-electron chi connectivity index (χ4n) is 2.73. The number of aromatic nitrogens is 1. The van der Waals surface area contributed by atoms with Crippen LogP contribution in [-0.2, 0) is 11.3 Å². The van der Waals surface area contributed by atoms with Gasteiger partial charge in [0.2, 0.25) is 0 Å². The lowest BCUT2D eigenvalue weighted by molar-refractivity contribution is 0.0970. The summed E-state index contributed by atoms with van der Waals surface area (Å²) in [5.74, 6) is -0.122. The number of nitrogens with zero attached hydrogens (tertiary/aromatic N) is 2. The van der Waals surface area contributed by atoms with Crippen LogP contribution in [0.5, 0.6) is 0 Å². The minimum atomic E-state index is -0.369. The number of rotatable bonds is 5. The van der Waals surface area contributed by atoms with Gasteiger partial charge < -0.3 is 13.7 Å². The maximum absolute atomic E-state index is 12.3. The first-order valence-corrected chi connectivity index (χ1v) is 8.72. The van der Waals surface area contributed by atoms with Crippen molar-refractivity contribution >= 4 is 27.5 Å². The third-order valence-electron chi connectivity index (χ3n) is 3.70. The number of furan rings is 1. The Labute approximate surface area is 144 Å². The van der Waals surface area contributed by atoms with E-state index in [-0.39, 0.29) is 11.7 Å². The molecule has 0 bridgehead atoms. The van der Waals surface area contributed by atoms with Crippen LogP contribution >= 0.6 is 11.3 Å². The van der Waals surface area contributed by atoms with Crippen molar-refractivity contribution in [3.8, 4) is 0 Å². The van der Waals surface area contributed by atoms with Crippen LogP contribution in [0.25, 0.3) is 10.2 Å². The number of amides is 1. The summed E-state index contributed by atoms with van der Waals surface area (Å²) in [6, 6.07) is 7.58. The van der Waals surface area contributed by atoms with Crippen LogP contribution < -0.4 is 4.80 Å². The maximum Gasteiger partial charge on any atom is 0.315 e. The second-order valence-electron chi connectivity index (χ2n) is 5.56. The molecule has 0 fully saturated rings. The van der Waals surface area contributed by atoms with Crippen LogP contribution in [0.1, 0.15) is 28.6 Å². The number of benzene rings is 1. The van der Waals surface area contributed by atoms with Gasteiger partial charge in [-0.25, -0.2) is 0 Å². The molecule has 3 rings (SSSR count). The van der Waals surface area contributed by atoms with Gasteiger partial charge in [0.25, 0.3) is 0 Å². The number of hydrogen-bond acceptors (Lipinski definition) is 4. The topological polar surface area (TPSA) is 56.7 Å². The summed E-state index contributed by atoms with van der Waals surface area (Å²) in [5.41, 5.74) is 3.48. The van der Waals surface area contributed by atoms with Gasteiger partial charge in [-0.2, -0.15) is 4.99 Å². The van der Waals surface area contributed by atoms with Crippen LogP contribution in [0.15, 0.2) is 39.9 Å². The molecule has 0 spiro atoms. The number of hydrogen-bond donors (Lipinski definition) is 0.